The van der Waals surface area contributed by atoms with Crippen LogP contribution >= 0.6 is 0 Å². The molecule has 0 aliphatic rings. The molecule has 10 nitrogen and oxygen atoms in total. The first-order chi connectivity index (χ1) is 15.4. The summed E-state index contributed by atoms with van der Waals surface area (Å²) in [5.74, 6) is 0.720. The maximum Gasteiger partial charge on any atom is 0.417 e. The summed E-state index contributed by atoms with van der Waals surface area (Å²) in [4.78, 5) is 23.0. The maximum atomic E-state index is 11.3. The third-order valence-corrected chi connectivity index (χ3v) is 4.84. The summed E-state index contributed by atoms with van der Waals surface area (Å²) in [5, 5.41) is 6.55. The average Bonchev–Trinajstić information content (AvgIpc) is 3.06. The van der Waals surface area contributed by atoms with Crippen molar-refractivity contribution in [2.45, 2.75) is 27.7 Å². The van der Waals surface area contributed by atoms with E-state index in [0.29, 0.717) is 29.1 Å². The van der Waals surface area contributed by atoms with Gasteiger partial charge in [-0.25, -0.2) is 9.78 Å². The van der Waals surface area contributed by atoms with E-state index in [1.165, 1.54) is 16.7 Å². The van der Waals surface area contributed by atoms with Gasteiger partial charge in [-0.05, 0) is 74.7 Å². The number of hydrogen-bond donors (Lipinski definition) is 4. The first-order valence-corrected chi connectivity index (χ1v) is 11.7. The predicted molar refractivity (Wildman–Crippen MR) is 128 cm³/mol. The molecule has 0 spiro atoms. The third kappa shape index (κ3) is 6.64. The Hall–Kier alpha value is -3.70. The third-order valence-electron chi connectivity index (χ3n) is 4.84. The van der Waals surface area contributed by atoms with E-state index in [4.69, 9.17) is 8.97 Å². The lowest BCUT2D eigenvalue weighted by atomic mass is 10.0. The summed E-state index contributed by atoms with van der Waals surface area (Å²) in [7, 11) is -3.67. The minimum Gasteiger partial charge on any atom is -0.408 e. The molecule has 0 saturated carbocycles. The number of aromatic nitrogens is 3. The van der Waals surface area contributed by atoms with Gasteiger partial charge < -0.3 is 15.1 Å². The predicted octanol–water partition coefficient (Wildman–Crippen LogP) is 4.14. The molecule has 4 N–H and O–H groups in total. The highest BCUT2D eigenvalue weighted by Crippen LogP contribution is 2.25. The molecule has 4 rings (SSSR count). The number of nitrogens with one attached hydrogen (secondary N) is 3. The highest BCUT2D eigenvalue weighted by atomic mass is 32.2. The van der Waals surface area contributed by atoms with Crippen LogP contribution in [-0.2, 0) is 10.1 Å². The molecule has 2 aromatic heterocycles. The van der Waals surface area contributed by atoms with Crippen LogP contribution in [0.1, 0.15) is 22.3 Å². The largest absolute Gasteiger partial charge is 0.417 e. The number of aryl methyl sites for hydroxylation is 3. The zero-order valence-corrected chi connectivity index (χ0v) is 19.7. The van der Waals surface area contributed by atoms with Gasteiger partial charge in [-0.1, -0.05) is 0 Å². The first kappa shape index (κ1) is 24.0. The molecule has 174 valence electrons. The molecule has 0 bridgehead atoms. The Labute approximate surface area is 190 Å². The van der Waals surface area contributed by atoms with Crippen molar-refractivity contribution in [2.24, 2.45) is 0 Å². The summed E-state index contributed by atoms with van der Waals surface area (Å²) < 4.78 is 30.9. The summed E-state index contributed by atoms with van der Waals surface area (Å²) in [6.07, 6.45) is 2.48. The molecule has 4 aromatic rings. The second kappa shape index (κ2) is 9.43. The molecule has 0 atom stereocenters. The van der Waals surface area contributed by atoms with Crippen LogP contribution in [0.15, 0.2) is 45.7 Å². The summed E-state index contributed by atoms with van der Waals surface area (Å²) in [5.41, 5.74) is 7.51. The summed E-state index contributed by atoms with van der Waals surface area (Å²) in [6, 6.07) is 9.55. The lowest BCUT2D eigenvalue weighted by molar-refractivity contribution is 0.490. The van der Waals surface area contributed by atoms with E-state index in [9.17, 15) is 13.2 Å². The maximum absolute atomic E-state index is 11.3. The average molecular weight is 472 g/mol. The van der Waals surface area contributed by atoms with Gasteiger partial charge in [-0.3, -0.25) is 9.54 Å². The Bertz CT molecular complexity index is 1440. The number of fused-ring (bicyclic) bond motifs is 1. The van der Waals surface area contributed by atoms with Gasteiger partial charge in [0, 0.05) is 23.1 Å². The molecule has 2 heterocycles. The number of nitrogens with zero attached hydrogens (tertiary/aromatic N) is 2. The zero-order chi connectivity index (χ0) is 24.3. The number of H-pyrrole nitrogens is 1. The molecule has 2 aromatic carbocycles. The van der Waals surface area contributed by atoms with Crippen LogP contribution in [0.4, 0.5) is 23.1 Å². The highest BCUT2D eigenvalue weighted by Gasteiger charge is 2.08. The van der Waals surface area contributed by atoms with E-state index < -0.39 is 15.9 Å². The van der Waals surface area contributed by atoms with Crippen molar-refractivity contribution >= 4 is 44.4 Å². The van der Waals surface area contributed by atoms with Crippen molar-refractivity contribution in [1.29, 1.82) is 0 Å². The standard InChI is InChI=1S/C21H21N5O2.CH4O3S/c1-11-7-16(8-12(2)14(11)4)24-20-22-10-13(3)19(26-20)23-15-5-6-18-17(9-15)25-21(27)28-18;1-5(2,3)4/h5-10H,1-4H3,(H,25,27)(H2,22,23,24,26);1H3,(H,2,3,4). The molecule has 0 unspecified atom stereocenters. The van der Waals surface area contributed by atoms with Crippen molar-refractivity contribution in [3.63, 3.8) is 0 Å². The smallest absolute Gasteiger partial charge is 0.408 e. The van der Waals surface area contributed by atoms with Gasteiger partial charge in [0.1, 0.15) is 5.82 Å². The van der Waals surface area contributed by atoms with Gasteiger partial charge in [0.05, 0.1) is 11.8 Å². The Morgan fingerprint density at radius 1 is 0.970 bits per heavy atom. The molecule has 0 saturated heterocycles. The normalized spacial score (nSPS) is 11.1. The van der Waals surface area contributed by atoms with Crippen molar-refractivity contribution in [3.05, 3.63) is 69.3 Å². The highest BCUT2D eigenvalue weighted by molar-refractivity contribution is 7.85. The van der Waals surface area contributed by atoms with E-state index in [0.717, 1.165) is 16.9 Å². The molecule has 11 heteroatoms. The number of hydrogen-bond acceptors (Lipinski definition) is 8. The first-order valence-electron chi connectivity index (χ1n) is 9.90. The Morgan fingerprint density at radius 2 is 1.61 bits per heavy atom. The second-order valence-corrected chi connectivity index (χ2v) is 9.13. The number of rotatable bonds is 4. The van der Waals surface area contributed by atoms with E-state index in [2.05, 4.69) is 58.5 Å². The van der Waals surface area contributed by atoms with Crippen LogP contribution in [0.25, 0.3) is 11.1 Å². The number of oxazole rings is 1. The van der Waals surface area contributed by atoms with E-state index in [1.807, 2.05) is 19.1 Å². The SMILES string of the molecule is CS(=O)(=O)O.Cc1cnc(Nc2cc(C)c(C)c(C)c2)nc1Nc1ccc2oc(=O)[nH]c2c1. The Balaban J connectivity index is 0.000000555. The number of anilines is 4. The molecular formula is C22H25N5O5S. The number of aromatic amines is 1. The van der Waals surface area contributed by atoms with Crippen molar-refractivity contribution in [1.82, 2.24) is 15.0 Å². The molecule has 0 radical (unpaired) electrons. The van der Waals surface area contributed by atoms with Crippen LogP contribution < -0.4 is 16.4 Å². The summed E-state index contributed by atoms with van der Waals surface area (Å²) >= 11 is 0. The summed E-state index contributed by atoms with van der Waals surface area (Å²) in [6.45, 7) is 8.23. The number of benzene rings is 2. The van der Waals surface area contributed by atoms with Crippen molar-refractivity contribution in [3.8, 4) is 0 Å². The van der Waals surface area contributed by atoms with Crippen LogP contribution in [-0.4, -0.2) is 34.2 Å². The fraction of sp³-hybridized carbons (Fsp3) is 0.227. The second-order valence-electron chi connectivity index (χ2n) is 7.67. The molecular weight excluding hydrogens is 446 g/mol. The zero-order valence-electron chi connectivity index (χ0n) is 18.8. The Morgan fingerprint density at radius 3 is 2.24 bits per heavy atom. The van der Waals surface area contributed by atoms with Gasteiger partial charge in [0.15, 0.2) is 5.58 Å². The van der Waals surface area contributed by atoms with Crippen LogP contribution in [0.3, 0.4) is 0 Å². The minimum atomic E-state index is -3.67. The van der Waals surface area contributed by atoms with E-state index in [1.54, 1.807) is 12.3 Å². The van der Waals surface area contributed by atoms with E-state index in [-0.39, 0.29) is 0 Å². The van der Waals surface area contributed by atoms with Crippen LogP contribution in [0, 0.1) is 27.7 Å². The lowest BCUT2D eigenvalue weighted by Crippen LogP contribution is -2.03. The molecule has 0 amide bonds. The van der Waals surface area contributed by atoms with Gasteiger partial charge in [0.25, 0.3) is 10.1 Å². The minimum absolute atomic E-state index is 0.472. The quantitative estimate of drug-likeness (QED) is 0.322. The molecule has 0 aliphatic heterocycles. The van der Waals surface area contributed by atoms with Gasteiger partial charge in [0.2, 0.25) is 5.95 Å². The fourth-order valence-corrected chi connectivity index (χ4v) is 3.03. The van der Waals surface area contributed by atoms with Crippen LogP contribution in [0.5, 0.6) is 0 Å². The van der Waals surface area contributed by atoms with Gasteiger partial charge >= 0.3 is 5.76 Å². The van der Waals surface area contributed by atoms with E-state index >= 15 is 0 Å². The van der Waals surface area contributed by atoms with Crippen molar-refractivity contribution < 1.29 is 17.4 Å². The molecule has 0 aliphatic carbocycles. The van der Waals surface area contributed by atoms with Crippen LogP contribution in [0.2, 0.25) is 0 Å². The Kier molecular flexibility index (Phi) is 6.84. The molecule has 33 heavy (non-hydrogen) atoms. The van der Waals surface area contributed by atoms with Gasteiger partial charge in [-0.2, -0.15) is 13.4 Å². The fourth-order valence-electron chi connectivity index (χ4n) is 3.03. The topological polar surface area (TPSA) is 150 Å². The van der Waals surface area contributed by atoms with Gasteiger partial charge in [-0.15, -0.1) is 0 Å². The monoisotopic (exact) mass is 471 g/mol. The molecule has 0 fully saturated rings. The van der Waals surface area contributed by atoms with Crippen molar-refractivity contribution in [2.75, 3.05) is 16.9 Å². The lowest BCUT2D eigenvalue weighted by Gasteiger charge is -2.13.